The van der Waals surface area contributed by atoms with Gasteiger partial charge >= 0.3 is 0 Å². The molecule has 104 valence electrons. The van der Waals surface area contributed by atoms with E-state index in [1.54, 1.807) is 0 Å². The summed E-state index contributed by atoms with van der Waals surface area (Å²) in [7, 11) is 0. The average Bonchev–Trinajstić information content (AvgIpc) is 2.38. The molecular weight excluding hydrogens is 322 g/mol. The third kappa shape index (κ3) is 3.46. The molecule has 19 heavy (non-hydrogen) atoms. The van der Waals surface area contributed by atoms with Crippen LogP contribution in [0, 0.1) is 0 Å². The van der Waals surface area contributed by atoms with Crippen molar-refractivity contribution in [2.75, 3.05) is 31.1 Å². The van der Waals surface area contributed by atoms with Gasteiger partial charge in [0.05, 0.1) is 5.69 Å². The number of benzene rings is 1. The Morgan fingerprint density at radius 2 is 1.89 bits per heavy atom. The van der Waals surface area contributed by atoms with Gasteiger partial charge in [-0.05, 0) is 48.0 Å². The van der Waals surface area contributed by atoms with Gasteiger partial charge in [0.2, 0.25) is 0 Å². The Morgan fingerprint density at radius 3 is 2.37 bits per heavy atom. The Labute approximate surface area is 128 Å². The third-order valence-electron chi connectivity index (χ3n) is 3.62. The van der Waals surface area contributed by atoms with Crippen molar-refractivity contribution in [2.45, 2.75) is 19.9 Å². The molecule has 0 saturated carbocycles. The van der Waals surface area contributed by atoms with Crippen LogP contribution < -0.4 is 10.6 Å². The van der Waals surface area contributed by atoms with Crippen molar-refractivity contribution in [3.8, 4) is 0 Å². The molecule has 1 aliphatic rings. The fourth-order valence-corrected chi connectivity index (χ4v) is 3.15. The first-order chi connectivity index (χ1) is 8.99. The predicted octanol–water partition coefficient (Wildman–Crippen LogP) is 2.61. The third-order valence-corrected chi connectivity index (χ3v) is 4.49. The van der Waals surface area contributed by atoms with Crippen LogP contribution in [0.15, 0.2) is 22.7 Å². The monoisotopic (exact) mass is 341 g/mol. The van der Waals surface area contributed by atoms with Gasteiger partial charge in [-0.2, -0.15) is 0 Å². The molecule has 0 spiro atoms. The van der Waals surface area contributed by atoms with Crippen LogP contribution in [0.25, 0.3) is 0 Å². The van der Waals surface area contributed by atoms with Gasteiger partial charge in [0.1, 0.15) is 4.99 Å². The minimum atomic E-state index is 0.442. The molecule has 1 heterocycles. The van der Waals surface area contributed by atoms with E-state index in [1.165, 1.54) is 5.69 Å². The first-order valence-corrected chi connectivity index (χ1v) is 7.77. The van der Waals surface area contributed by atoms with Crippen LogP contribution in [-0.2, 0) is 0 Å². The molecule has 0 atom stereocenters. The maximum Gasteiger partial charge on any atom is 0.104 e. The van der Waals surface area contributed by atoms with Gasteiger partial charge in [-0.3, -0.25) is 4.90 Å². The highest BCUT2D eigenvalue weighted by molar-refractivity contribution is 9.10. The average molecular weight is 342 g/mol. The second kappa shape index (κ2) is 6.20. The number of nitrogens with zero attached hydrogens (tertiary/aromatic N) is 2. The highest BCUT2D eigenvalue weighted by Gasteiger charge is 2.20. The van der Waals surface area contributed by atoms with Gasteiger partial charge in [0.15, 0.2) is 0 Å². The van der Waals surface area contributed by atoms with Gasteiger partial charge in [-0.1, -0.05) is 12.2 Å². The van der Waals surface area contributed by atoms with Crippen LogP contribution in [0.3, 0.4) is 0 Å². The number of piperazine rings is 1. The molecular formula is C14H20BrN3S. The molecule has 5 heteroatoms. The van der Waals surface area contributed by atoms with Crippen LogP contribution in [0.1, 0.15) is 19.4 Å². The van der Waals surface area contributed by atoms with Crippen molar-refractivity contribution in [3.63, 3.8) is 0 Å². The summed E-state index contributed by atoms with van der Waals surface area (Å²) < 4.78 is 1.07. The van der Waals surface area contributed by atoms with Gasteiger partial charge in [-0.25, -0.2) is 0 Å². The molecule has 1 fully saturated rings. The van der Waals surface area contributed by atoms with Crippen molar-refractivity contribution in [3.05, 3.63) is 28.2 Å². The Balaban J connectivity index is 2.09. The van der Waals surface area contributed by atoms with Crippen LogP contribution >= 0.6 is 28.1 Å². The highest BCUT2D eigenvalue weighted by Crippen LogP contribution is 2.28. The number of hydrogen-bond donors (Lipinski definition) is 1. The van der Waals surface area contributed by atoms with E-state index >= 15 is 0 Å². The first-order valence-electron chi connectivity index (χ1n) is 6.57. The first kappa shape index (κ1) is 14.8. The predicted molar refractivity (Wildman–Crippen MR) is 89.0 cm³/mol. The lowest BCUT2D eigenvalue weighted by molar-refractivity contribution is 0.209. The van der Waals surface area contributed by atoms with E-state index < -0.39 is 0 Å². The number of rotatable bonds is 3. The highest BCUT2D eigenvalue weighted by atomic mass is 79.9. The Kier molecular flexibility index (Phi) is 4.81. The summed E-state index contributed by atoms with van der Waals surface area (Å²) in [6.07, 6.45) is 0. The van der Waals surface area contributed by atoms with Crippen molar-refractivity contribution in [2.24, 2.45) is 5.73 Å². The lowest BCUT2D eigenvalue weighted by atomic mass is 10.1. The zero-order chi connectivity index (χ0) is 14.0. The van der Waals surface area contributed by atoms with Crippen molar-refractivity contribution in [1.29, 1.82) is 0 Å². The van der Waals surface area contributed by atoms with E-state index in [0.717, 1.165) is 36.2 Å². The smallest absolute Gasteiger partial charge is 0.104 e. The lowest BCUT2D eigenvalue weighted by Crippen LogP contribution is -2.49. The van der Waals surface area contributed by atoms with E-state index in [-0.39, 0.29) is 0 Å². The zero-order valence-corrected chi connectivity index (χ0v) is 13.8. The molecule has 0 aliphatic carbocycles. The minimum Gasteiger partial charge on any atom is -0.389 e. The maximum absolute atomic E-state index is 5.65. The number of halogens is 1. The van der Waals surface area contributed by atoms with Gasteiger partial charge < -0.3 is 10.6 Å². The van der Waals surface area contributed by atoms with E-state index in [1.807, 2.05) is 12.1 Å². The zero-order valence-electron chi connectivity index (χ0n) is 11.4. The van der Waals surface area contributed by atoms with E-state index in [9.17, 15) is 0 Å². The summed E-state index contributed by atoms with van der Waals surface area (Å²) in [6.45, 7) is 8.85. The van der Waals surface area contributed by atoms with E-state index in [4.69, 9.17) is 18.0 Å². The second-order valence-electron chi connectivity index (χ2n) is 5.15. The van der Waals surface area contributed by atoms with Crippen molar-refractivity contribution < 1.29 is 0 Å². The Hall–Kier alpha value is -0.650. The summed E-state index contributed by atoms with van der Waals surface area (Å²) in [5.41, 5.74) is 7.79. The largest absolute Gasteiger partial charge is 0.389 e. The Morgan fingerprint density at radius 1 is 1.26 bits per heavy atom. The number of thiocarbonyl (C=S) groups is 1. The fourth-order valence-electron chi connectivity index (χ4n) is 2.40. The van der Waals surface area contributed by atoms with Crippen LogP contribution in [0.5, 0.6) is 0 Å². The topological polar surface area (TPSA) is 32.5 Å². The molecule has 1 aromatic carbocycles. The molecule has 2 N–H and O–H groups in total. The van der Waals surface area contributed by atoms with Crippen molar-refractivity contribution >= 4 is 38.8 Å². The number of nitrogens with two attached hydrogens (primary N) is 1. The SMILES string of the molecule is CC(C)N1CCN(c2ccc(C(N)=S)cc2Br)CC1. The molecule has 0 unspecified atom stereocenters. The molecule has 2 rings (SSSR count). The van der Waals surface area contributed by atoms with Gasteiger partial charge in [0.25, 0.3) is 0 Å². The molecule has 0 amide bonds. The molecule has 0 aromatic heterocycles. The van der Waals surface area contributed by atoms with Crippen LogP contribution in [0.4, 0.5) is 5.69 Å². The van der Waals surface area contributed by atoms with Crippen LogP contribution in [-0.4, -0.2) is 42.1 Å². The lowest BCUT2D eigenvalue weighted by Gasteiger charge is -2.38. The maximum atomic E-state index is 5.65. The molecule has 0 bridgehead atoms. The molecule has 0 radical (unpaired) electrons. The van der Waals surface area contributed by atoms with Gasteiger partial charge in [0, 0.05) is 42.3 Å². The second-order valence-corrected chi connectivity index (χ2v) is 6.44. The Bertz CT molecular complexity index is 468. The number of hydrogen-bond acceptors (Lipinski definition) is 3. The number of anilines is 1. The molecule has 3 nitrogen and oxygen atoms in total. The quantitative estimate of drug-likeness (QED) is 0.856. The van der Waals surface area contributed by atoms with Crippen LogP contribution in [0.2, 0.25) is 0 Å². The van der Waals surface area contributed by atoms with E-state index in [2.05, 4.69) is 45.6 Å². The summed E-state index contributed by atoms with van der Waals surface area (Å²) in [5, 5.41) is 0. The minimum absolute atomic E-state index is 0.442. The summed E-state index contributed by atoms with van der Waals surface area (Å²) >= 11 is 8.63. The summed E-state index contributed by atoms with van der Waals surface area (Å²) in [4.78, 5) is 5.36. The molecule has 1 aliphatic heterocycles. The standard InChI is InChI=1S/C14H20BrN3S/c1-10(2)17-5-7-18(8-6-17)13-4-3-11(14(16)19)9-12(13)15/h3-4,9-10H,5-8H2,1-2H3,(H2,16,19). The fraction of sp³-hybridized carbons (Fsp3) is 0.500. The normalized spacial score (nSPS) is 16.9. The van der Waals surface area contributed by atoms with Gasteiger partial charge in [-0.15, -0.1) is 0 Å². The summed E-state index contributed by atoms with van der Waals surface area (Å²) in [5.74, 6) is 0. The van der Waals surface area contributed by atoms with Crippen molar-refractivity contribution in [1.82, 2.24) is 4.90 Å². The molecule has 1 saturated heterocycles. The van der Waals surface area contributed by atoms with E-state index in [0.29, 0.717) is 11.0 Å². The molecule has 1 aromatic rings. The summed E-state index contributed by atoms with van der Waals surface area (Å²) in [6, 6.07) is 6.73.